The number of rotatable bonds is 5. The molecule has 0 bridgehead atoms. The predicted molar refractivity (Wildman–Crippen MR) is 136 cm³/mol. The number of hydrogen-bond acceptors (Lipinski definition) is 7. The maximum absolute atomic E-state index is 12.9. The molecular weight excluding hydrogens is 468 g/mol. The molecule has 1 fully saturated rings. The van der Waals surface area contributed by atoms with E-state index in [2.05, 4.69) is 44.0 Å². The molecule has 1 aromatic carbocycles. The van der Waals surface area contributed by atoms with Gasteiger partial charge in [-0.15, -0.1) is 0 Å². The van der Waals surface area contributed by atoms with Crippen LogP contribution >= 0.6 is 0 Å². The molecule has 0 spiro atoms. The summed E-state index contributed by atoms with van der Waals surface area (Å²) in [6.07, 6.45) is 6.03. The quantitative estimate of drug-likeness (QED) is 0.486. The molecule has 2 aromatic heterocycles. The third-order valence-electron chi connectivity index (χ3n) is 6.94. The summed E-state index contributed by atoms with van der Waals surface area (Å²) in [5.74, 6) is -0.0185. The zero-order chi connectivity index (χ0) is 26.2. The van der Waals surface area contributed by atoms with Crippen molar-refractivity contribution in [2.75, 3.05) is 5.32 Å². The van der Waals surface area contributed by atoms with Crippen LogP contribution in [0.5, 0.6) is 0 Å². The molecule has 2 N–H and O–H groups in total. The van der Waals surface area contributed by atoms with Crippen molar-refractivity contribution in [3.63, 3.8) is 0 Å². The van der Waals surface area contributed by atoms with Crippen LogP contribution in [-0.4, -0.2) is 26.9 Å². The van der Waals surface area contributed by atoms with Gasteiger partial charge in [0, 0.05) is 11.6 Å². The van der Waals surface area contributed by atoms with E-state index in [1.54, 1.807) is 6.20 Å². The number of anilines is 1. The standard InChI is InChI=1S/C28H30N6O3/c1-28(2,3)27-33-26(37-34-27)25(36)31-22-7-5-4-6-18-12-16(8-9-20(18)22)17-10-11-30-23(14-17)32-24(35)21-13-19(21)15-29/h8-12,14,19,21-22H,4-7,13H2,1-3H3,(H,31,36)(H,30,32,35)/t19-,21+,22?/m0/s1. The van der Waals surface area contributed by atoms with Gasteiger partial charge in [-0.3, -0.25) is 9.59 Å². The third kappa shape index (κ3) is 5.38. The summed E-state index contributed by atoms with van der Waals surface area (Å²) < 4.78 is 5.24. The topological polar surface area (TPSA) is 134 Å². The Balaban J connectivity index is 1.33. The van der Waals surface area contributed by atoms with E-state index in [-0.39, 0.29) is 41.0 Å². The normalized spacial score (nSPS) is 20.8. The van der Waals surface area contributed by atoms with Gasteiger partial charge in [-0.1, -0.05) is 50.5 Å². The maximum atomic E-state index is 12.9. The molecular formula is C28H30N6O3. The van der Waals surface area contributed by atoms with E-state index < -0.39 is 0 Å². The summed E-state index contributed by atoms with van der Waals surface area (Å²) in [6, 6.07) is 12.0. The lowest BCUT2D eigenvalue weighted by molar-refractivity contribution is -0.117. The minimum absolute atomic E-state index is 0.0222. The summed E-state index contributed by atoms with van der Waals surface area (Å²) in [5, 5.41) is 18.9. The van der Waals surface area contributed by atoms with Gasteiger partial charge < -0.3 is 15.2 Å². The van der Waals surface area contributed by atoms with Crippen LogP contribution in [0, 0.1) is 23.2 Å². The highest BCUT2D eigenvalue weighted by Crippen LogP contribution is 2.38. The van der Waals surface area contributed by atoms with Crippen molar-refractivity contribution in [2.45, 2.75) is 64.3 Å². The number of carbonyl (C=O) groups is 2. The fourth-order valence-corrected chi connectivity index (χ4v) is 4.68. The van der Waals surface area contributed by atoms with Crippen molar-refractivity contribution in [3.05, 3.63) is 59.4 Å². The van der Waals surface area contributed by atoms with Crippen LogP contribution in [0.4, 0.5) is 5.82 Å². The Hall–Kier alpha value is -4.06. The van der Waals surface area contributed by atoms with E-state index in [1.165, 1.54) is 5.56 Å². The van der Waals surface area contributed by atoms with Gasteiger partial charge >= 0.3 is 11.8 Å². The zero-order valence-electron chi connectivity index (χ0n) is 21.2. The fraction of sp³-hybridized carbons (Fsp3) is 0.429. The molecule has 2 aliphatic carbocycles. The first kappa shape index (κ1) is 24.6. The highest BCUT2D eigenvalue weighted by Gasteiger charge is 2.43. The molecule has 2 amide bonds. The van der Waals surface area contributed by atoms with Gasteiger partial charge in [-0.25, -0.2) is 4.98 Å². The van der Waals surface area contributed by atoms with E-state index in [0.717, 1.165) is 42.4 Å². The number of pyridine rings is 1. The van der Waals surface area contributed by atoms with Crippen LogP contribution in [0.25, 0.3) is 11.1 Å². The van der Waals surface area contributed by atoms with Crippen molar-refractivity contribution in [1.29, 1.82) is 5.26 Å². The van der Waals surface area contributed by atoms with E-state index in [1.807, 2.05) is 39.0 Å². The number of hydrogen-bond donors (Lipinski definition) is 2. The lowest BCUT2D eigenvalue weighted by Crippen LogP contribution is -2.29. The largest absolute Gasteiger partial charge is 0.341 e. The first-order valence-electron chi connectivity index (χ1n) is 12.7. The fourth-order valence-electron chi connectivity index (χ4n) is 4.68. The molecule has 190 valence electrons. The first-order chi connectivity index (χ1) is 17.7. The van der Waals surface area contributed by atoms with Crippen LogP contribution in [-0.2, 0) is 16.6 Å². The lowest BCUT2D eigenvalue weighted by atomic mass is 9.94. The van der Waals surface area contributed by atoms with Crippen molar-refractivity contribution < 1.29 is 14.1 Å². The van der Waals surface area contributed by atoms with E-state index >= 15 is 0 Å². The van der Waals surface area contributed by atoms with Crippen LogP contribution in [0.1, 0.15) is 80.1 Å². The number of amides is 2. The summed E-state index contributed by atoms with van der Waals surface area (Å²) in [6.45, 7) is 5.90. The maximum Gasteiger partial charge on any atom is 0.315 e. The third-order valence-corrected chi connectivity index (χ3v) is 6.94. The molecule has 37 heavy (non-hydrogen) atoms. The summed E-state index contributed by atoms with van der Waals surface area (Å²) in [4.78, 5) is 33.8. The number of carbonyl (C=O) groups excluding carboxylic acids is 2. The monoisotopic (exact) mass is 498 g/mol. The minimum Gasteiger partial charge on any atom is -0.341 e. The number of nitriles is 1. The van der Waals surface area contributed by atoms with Crippen molar-refractivity contribution >= 4 is 17.6 Å². The van der Waals surface area contributed by atoms with Gasteiger partial charge in [0.25, 0.3) is 0 Å². The molecule has 0 saturated heterocycles. The smallest absolute Gasteiger partial charge is 0.315 e. The van der Waals surface area contributed by atoms with Gasteiger partial charge in [0.15, 0.2) is 5.82 Å². The Morgan fingerprint density at radius 2 is 1.95 bits per heavy atom. The molecule has 3 atom stereocenters. The predicted octanol–water partition coefficient (Wildman–Crippen LogP) is 4.72. The Labute approximate surface area is 215 Å². The Morgan fingerprint density at radius 1 is 1.14 bits per heavy atom. The van der Waals surface area contributed by atoms with E-state index in [0.29, 0.717) is 18.1 Å². The van der Waals surface area contributed by atoms with Crippen molar-refractivity contribution in [2.24, 2.45) is 11.8 Å². The molecule has 1 saturated carbocycles. The number of nitrogens with zero attached hydrogens (tertiary/aromatic N) is 4. The Bertz CT molecular complexity index is 1380. The first-order valence-corrected chi connectivity index (χ1v) is 12.7. The molecule has 9 heteroatoms. The number of aryl methyl sites for hydroxylation is 1. The van der Waals surface area contributed by atoms with E-state index in [4.69, 9.17) is 9.78 Å². The second-order valence-corrected chi connectivity index (χ2v) is 10.9. The van der Waals surface area contributed by atoms with Crippen LogP contribution in [0.3, 0.4) is 0 Å². The number of benzene rings is 1. The number of fused-ring (bicyclic) bond motifs is 1. The summed E-state index contributed by atoms with van der Waals surface area (Å²) in [5.41, 5.74) is 3.91. The zero-order valence-corrected chi connectivity index (χ0v) is 21.2. The van der Waals surface area contributed by atoms with Gasteiger partial charge in [-0.2, -0.15) is 10.2 Å². The average molecular weight is 499 g/mol. The van der Waals surface area contributed by atoms with Gasteiger partial charge in [-0.05, 0) is 60.1 Å². The van der Waals surface area contributed by atoms with E-state index in [9.17, 15) is 9.59 Å². The molecule has 0 aliphatic heterocycles. The number of aromatic nitrogens is 3. The van der Waals surface area contributed by atoms with Gasteiger partial charge in [0.2, 0.25) is 5.91 Å². The number of nitrogens with one attached hydrogen (secondary N) is 2. The summed E-state index contributed by atoms with van der Waals surface area (Å²) in [7, 11) is 0. The molecule has 1 unspecified atom stereocenters. The second kappa shape index (κ2) is 9.77. The molecule has 2 heterocycles. The highest BCUT2D eigenvalue weighted by atomic mass is 16.5. The SMILES string of the molecule is CC(C)(C)c1noc(C(=O)NC2CCCCc3cc(-c4ccnc(NC(=O)[C@@H]5C[C@H]5C#N)c4)ccc32)n1. The van der Waals surface area contributed by atoms with Crippen LogP contribution < -0.4 is 10.6 Å². The lowest BCUT2D eigenvalue weighted by Gasteiger charge is -2.19. The molecule has 9 nitrogen and oxygen atoms in total. The van der Waals surface area contributed by atoms with Gasteiger partial charge in [0.1, 0.15) is 5.82 Å². The molecule has 0 radical (unpaired) electrons. The molecule has 5 rings (SSSR count). The average Bonchev–Trinajstić information content (AvgIpc) is 3.55. The van der Waals surface area contributed by atoms with Crippen molar-refractivity contribution in [1.82, 2.24) is 20.4 Å². The Kier molecular flexibility index (Phi) is 6.50. The van der Waals surface area contributed by atoms with Crippen LogP contribution in [0.15, 0.2) is 41.1 Å². The minimum atomic E-state index is -0.367. The van der Waals surface area contributed by atoms with Gasteiger partial charge in [0.05, 0.1) is 23.9 Å². The molecule has 3 aromatic rings. The Morgan fingerprint density at radius 3 is 2.68 bits per heavy atom. The second-order valence-electron chi connectivity index (χ2n) is 10.9. The highest BCUT2D eigenvalue weighted by molar-refractivity contribution is 5.94. The van der Waals surface area contributed by atoms with Crippen molar-refractivity contribution in [3.8, 4) is 17.2 Å². The summed E-state index contributed by atoms with van der Waals surface area (Å²) >= 11 is 0. The molecule has 2 aliphatic rings. The van der Waals surface area contributed by atoms with Crippen LogP contribution in [0.2, 0.25) is 0 Å².